The summed E-state index contributed by atoms with van der Waals surface area (Å²) in [6.45, 7) is 0.664. The molecule has 1 amide bonds. The molecule has 1 aromatic heterocycles. The topological polar surface area (TPSA) is 64.1 Å². The van der Waals surface area contributed by atoms with Gasteiger partial charge in [0.25, 0.3) is 0 Å². The van der Waals surface area contributed by atoms with Gasteiger partial charge < -0.3 is 10.1 Å². The maximum absolute atomic E-state index is 12.0. The second-order valence-electron chi connectivity index (χ2n) is 6.22. The first kappa shape index (κ1) is 14.4. The Morgan fingerprint density at radius 1 is 1.33 bits per heavy atom. The lowest BCUT2D eigenvalue weighted by Crippen LogP contribution is -2.37. The number of rotatable bonds is 4. The van der Waals surface area contributed by atoms with E-state index in [1.54, 1.807) is 18.6 Å². The Morgan fingerprint density at radius 3 is 2.95 bits per heavy atom. The van der Waals surface area contributed by atoms with Crippen LogP contribution < -0.4 is 5.32 Å². The third-order valence-electron chi connectivity index (χ3n) is 4.56. The molecular formula is C16H23N3O2. The number of amides is 1. The van der Waals surface area contributed by atoms with Gasteiger partial charge in [-0.15, -0.1) is 0 Å². The molecule has 1 aliphatic carbocycles. The zero-order valence-corrected chi connectivity index (χ0v) is 12.4. The quantitative estimate of drug-likeness (QED) is 0.921. The average molecular weight is 289 g/mol. The maximum atomic E-state index is 12.0. The van der Waals surface area contributed by atoms with Crippen LogP contribution in [0.5, 0.6) is 0 Å². The molecule has 1 aliphatic heterocycles. The van der Waals surface area contributed by atoms with Crippen LogP contribution in [0.15, 0.2) is 18.6 Å². The normalized spacial score (nSPS) is 24.1. The highest BCUT2D eigenvalue weighted by Crippen LogP contribution is 2.39. The number of nitrogens with zero attached hydrogens (tertiary/aromatic N) is 2. The van der Waals surface area contributed by atoms with E-state index in [0.717, 1.165) is 25.0 Å². The second-order valence-corrected chi connectivity index (χ2v) is 6.22. The molecule has 1 unspecified atom stereocenters. The molecule has 1 saturated heterocycles. The van der Waals surface area contributed by atoms with E-state index in [1.165, 1.54) is 19.3 Å². The molecule has 1 aromatic rings. The van der Waals surface area contributed by atoms with Gasteiger partial charge in [0.2, 0.25) is 5.91 Å². The van der Waals surface area contributed by atoms with Crippen LogP contribution in [0.3, 0.4) is 0 Å². The van der Waals surface area contributed by atoms with Crippen LogP contribution in [0.1, 0.15) is 50.6 Å². The van der Waals surface area contributed by atoms with E-state index in [4.69, 9.17) is 4.74 Å². The molecule has 1 spiro atoms. The Bertz CT molecular complexity index is 472. The number of aryl methyl sites for hydroxylation is 1. The molecule has 2 aliphatic rings. The van der Waals surface area contributed by atoms with Crippen LogP contribution in [0.25, 0.3) is 0 Å². The molecule has 2 heterocycles. The van der Waals surface area contributed by atoms with Crippen molar-refractivity contribution in [1.82, 2.24) is 15.3 Å². The maximum Gasteiger partial charge on any atom is 0.220 e. The van der Waals surface area contributed by atoms with Crippen LogP contribution in [0.4, 0.5) is 0 Å². The highest BCUT2D eigenvalue weighted by atomic mass is 16.5. The van der Waals surface area contributed by atoms with Crippen molar-refractivity contribution in [3.05, 3.63) is 24.3 Å². The molecule has 21 heavy (non-hydrogen) atoms. The summed E-state index contributed by atoms with van der Waals surface area (Å²) in [4.78, 5) is 20.2. The van der Waals surface area contributed by atoms with Crippen molar-refractivity contribution in [2.45, 2.75) is 63.0 Å². The summed E-state index contributed by atoms with van der Waals surface area (Å²) in [5, 5.41) is 3.11. The molecule has 0 radical (unpaired) electrons. The Hall–Kier alpha value is -1.49. The van der Waals surface area contributed by atoms with Gasteiger partial charge in [0.05, 0.1) is 23.9 Å². The van der Waals surface area contributed by atoms with Crippen molar-refractivity contribution in [3.63, 3.8) is 0 Å². The molecule has 3 rings (SSSR count). The second kappa shape index (κ2) is 6.52. The molecule has 0 bridgehead atoms. The fourth-order valence-electron chi connectivity index (χ4n) is 3.48. The van der Waals surface area contributed by atoms with Gasteiger partial charge in [0.15, 0.2) is 0 Å². The Morgan fingerprint density at radius 2 is 2.19 bits per heavy atom. The summed E-state index contributed by atoms with van der Waals surface area (Å²) in [6.07, 6.45) is 13.2. The van der Waals surface area contributed by atoms with Crippen molar-refractivity contribution in [2.75, 3.05) is 6.61 Å². The number of ether oxygens (including phenoxy) is 1. The van der Waals surface area contributed by atoms with Gasteiger partial charge >= 0.3 is 0 Å². The standard InChI is InChI=1S/C16H23N3O2/c20-15(5-4-13-11-17-8-9-18-13)19-14-10-16(21-12-14)6-2-1-3-7-16/h8-9,11,14H,1-7,10,12H2,(H,19,20). The molecule has 5 heteroatoms. The van der Waals surface area contributed by atoms with Gasteiger partial charge in [0, 0.05) is 25.0 Å². The van der Waals surface area contributed by atoms with E-state index in [2.05, 4.69) is 15.3 Å². The summed E-state index contributed by atoms with van der Waals surface area (Å²) < 4.78 is 6.02. The van der Waals surface area contributed by atoms with Gasteiger partial charge in [-0.2, -0.15) is 0 Å². The molecular weight excluding hydrogens is 266 g/mol. The molecule has 1 atom stereocenters. The van der Waals surface area contributed by atoms with E-state index in [1.807, 2.05) is 0 Å². The Kier molecular flexibility index (Phi) is 4.48. The van der Waals surface area contributed by atoms with E-state index < -0.39 is 0 Å². The third-order valence-corrected chi connectivity index (χ3v) is 4.56. The van der Waals surface area contributed by atoms with E-state index in [-0.39, 0.29) is 17.6 Å². The number of carbonyl (C=O) groups is 1. The van der Waals surface area contributed by atoms with Crippen LogP contribution in [-0.4, -0.2) is 34.1 Å². The first-order valence-electron chi connectivity index (χ1n) is 7.94. The van der Waals surface area contributed by atoms with Gasteiger partial charge in [-0.25, -0.2) is 0 Å². The third kappa shape index (κ3) is 3.79. The van der Waals surface area contributed by atoms with E-state index >= 15 is 0 Å². The highest BCUT2D eigenvalue weighted by molar-refractivity contribution is 5.76. The number of hydrogen-bond donors (Lipinski definition) is 1. The SMILES string of the molecule is O=C(CCc1cnccn1)NC1COC2(CCCCC2)C1. The van der Waals surface area contributed by atoms with Crippen molar-refractivity contribution in [2.24, 2.45) is 0 Å². The van der Waals surface area contributed by atoms with Gasteiger partial charge in [-0.3, -0.25) is 14.8 Å². The molecule has 0 aromatic carbocycles. The minimum atomic E-state index is 0.0566. The van der Waals surface area contributed by atoms with Crippen molar-refractivity contribution >= 4 is 5.91 Å². The zero-order chi connectivity index (χ0) is 14.5. The van der Waals surface area contributed by atoms with Gasteiger partial charge in [-0.05, 0) is 25.7 Å². The Balaban J connectivity index is 1.43. The molecule has 1 saturated carbocycles. The zero-order valence-electron chi connectivity index (χ0n) is 12.4. The predicted octanol–water partition coefficient (Wildman–Crippen LogP) is 2.02. The summed E-state index contributed by atoms with van der Waals surface area (Å²) in [7, 11) is 0. The minimum Gasteiger partial charge on any atom is -0.373 e. The molecule has 2 fully saturated rings. The monoisotopic (exact) mass is 289 g/mol. The van der Waals surface area contributed by atoms with Gasteiger partial charge in [0.1, 0.15) is 0 Å². The first-order chi connectivity index (χ1) is 10.3. The van der Waals surface area contributed by atoms with Crippen LogP contribution in [-0.2, 0) is 16.0 Å². The van der Waals surface area contributed by atoms with E-state index in [9.17, 15) is 4.79 Å². The number of aromatic nitrogens is 2. The van der Waals surface area contributed by atoms with Crippen molar-refractivity contribution in [1.29, 1.82) is 0 Å². The largest absolute Gasteiger partial charge is 0.373 e. The summed E-state index contributed by atoms with van der Waals surface area (Å²) >= 11 is 0. The smallest absolute Gasteiger partial charge is 0.220 e. The average Bonchev–Trinajstić information content (AvgIpc) is 2.89. The van der Waals surface area contributed by atoms with Crippen molar-refractivity contribution < 1.29 is 9.53 Å². The van der Waals surface area contributed by atoms with Crippen LogP contribution in [0.2, 0.25) is 0 Å². The summed E-state index contributed by atoms with van der Waals surface area (Å²) in [5.41, 5.74) is 0.917. The van der Waals surface area contributed by atoms with Gasteiger partial charge in [-0.1, -0.05) is 19.3 Å². The number of carbonyl (C=O) groups excluding carboxylic acids is 1. The lowest BCUT2D eigenvalue weighted by molar-refractivity contribution is -0.121. The molecule has 1 N–H and O–H groups in total. The molecule has 114 valence electrons. The van der Waals surface area contributed by atoms with Crippen molar-refractivity contribution in [3.8, 4) is 0 Å². The highest BCUT2D eigenvalue weighted by Gasteiger charge is 2.41. The molecule has 5 nitrogen and oxygen atoms in total. The minimum absolute atomic E-state index is 0.0566. The van der Waals surface area contributed by atoms with Crippen LogP contribution >= 0.6 is 0 Å². The lowest BCUT2D eigenvalue weighted by atomic mass is 9.82. The number of hydrogen-bond acceptors (Lipinski definition) is 4. The Labute approximate surface area is 125 Å². The summed E-state index contributed by atoms with van der Waals surface area (Å²) in [5.74, 6) is 0.0853. The predicted molar refractivity (Wildman–Crippen MR) is 78.7 cm³/mol. The van der Waals surface area contributed by atoms with E-state index in [0.29, 0.717) is 19.4 Å². The fourth-order valence-corrected chi connectivity index (χ4v) is 3.48. The first-order valence-corrected chi connectivity index (χ1v) is 7.94. The number of nitrogens with one attached hydrogen (secondary N) is 1. The lowest BCUT2D eigenvalue weighted by Gasteiger charge is -2.32. The summed E-state index contributed by atoms with van der Waals surface area (Å²) in [6, 6.07) is 0.178. The fraction of sp³-hybridized carbons (Fsp3) is 0.688. The van der Waals surface area contributed by atoms with Crippen LogP contribution in [0, 0.1) is 0 Å².